The van der Waals surface area contributed by atoms with Crippen LogP contribution < -0.4 is 4.90 Å². The molecule has 1 saturated heterocycles. The number of piperidine rings is 1. The summed E-state index contributed by atoms with van der Waals surface area (Å²) in [6.07, 6.45) is 0.532. The van der Waals surface area contributed by atoms with E-state index in [4.69, 9.17) is 0 Å². The van der Waals surface area contributed by atoms with Crippen molar-refractivity contribution < 1.29 is 9.90 Å². The number of amides is 1. The molecule has 2 atom stereocenters. The van der Waals surface area contributed by atoms with Crippen LogP contribution in [0.2, 0.25) is 0 Å². The summed E-state index contributed by atoms with van der Waals surface area (Å²) in [4.78, 5) is 16.4. The van der Waals surface area contributed by atoms with Crippen LogP contribution in [0, 0.1) is 5.92 Å². The van der Waals surface area contributed by atoms with Gasteiger partial charge >= 0.3 is 0 Å². The number of nitrogens with zero attached hydrogens (tertiary/aromatic N) is 2. The van der Waals surface area contributed by atoms with Crippen LogP contribution in [-0.4, -0.2) is 48.2 Å². The zero-order valence-electron chi connectivity index (χ0n) is 12.3. The highest BCUT2D eigenvalue weighted by Crippen LogP contribution is 2.18. The van der Waals surface area contributed by atoms with Crippen LogP contribution in [0.4, 0.5) is 5.69 Å². The lowest BCUT2D eigenvalue weighted by Gasteiger charge is -2.35. The third kappa shape index (κ3) is 3.58. The summed E-state index contributed by atoms with van der Waals surface area (Å²) in [5.74, 6) is 0.366. The van der Waals surface area contributed by atoms with Gasteiger partial charge in [-0.2, -0.15) is 0 Å². The van der Waals surface area contributed by atoms with Crippen LogP contribution in [0.25, 0.3) is 0 Å². The van der Waals surface area contributed by atoms with Gasteiger partial charge < -0.3 is 10.0 Å². The maximum Gasteiger partial charge on any atom is 0.241 e. The SMILES string of the molecule is CCN(C(=O)CN1CCC(O)C(C)C1)c1ccccc1. The standard InChI is InChI=1S/C16H24N2O2/c1-3-18(14-7-5-4-6-8-14)16(20)12-17-10-9-15(19)13(2)11-17/h4-8,13,15,19H,3,9-12H2,1-2H3. The minimum atomic E-state index is -0.224. The first kappa shape index (κ1) is 15.0. The maximum absolute atomic E-state index is 12.5. The molecule has 1 aliphatic rings. The van der Waals surface area contributed by atoms with Gasteiger partial charge in [0.2, 0.25) is 5.91 Å². The summed E-state index contributed by atoms with van der Waals surface area (Å²) in [7, 11) is 0. The van der Waals surface area contributed by atoms with Crippen LogP contribution in [-0.2, 0) is 4.79 Å². The summed E-state index contributed by atoms with van der Waals surface area (Å²) in [6, 6.07) is 9.78. The molecule has 1 aliphatic heterocycles. The predicted molar refractivity (Wildman–Crippen MR) is 80.7 cm³/mol. The van der Waals surface area contributed by atoms with E-state index in [0.717, 1.165) is 25.2 Å². The topological polar surface area (TPSA) is 43.8 Å². The molecule has 1 heterocycles. The second-order valence-electron chi connectivity index (χ2n) is 5.54. The average molecular weight is 276 g/mol. The number of hydrogen-bond donors (Lipinski definition) is 1. The molecule has 1 amide bonds. The Morgan fingerprint density at radius 2 is 2.10 bits per heavy atom. The second-order valence-corrected chi connectivity index (χ2v) is 5.54. The van der Waals surface area contributed by atoms with Gasteiger partial charge in [-0.1, -0.05) is 25.1 Å². The van der Waals surface area contributed by atoms with E-state index in [2.05, 4.69) is 4.90 Å². The van der Waals surface area contributed by atoms with Gasteiger partial charge in [-0.15, -0.1) is 0 Å². The molecule has 2 rings (SSSR count). The van der Waals surface area contributed by atoms with Gasteiger partial charge in [-0.05, 0) is 31.4 Å². The lowest BCUT2D eigenvalue weighted by molar-refractivity contribution is -0.120. The van der Waals surface area contributed by atoms with E-state index < -0.39 is 0 Å². The first-order valence-electron chi connectivity index (χ1n) is 7.37. The van der Waals surface area contributed by atoms with E-state index in [1.54, 1.807) is 0 Å². The molecule has 0 aliphatic carbocycles. The maximum atomic E-state index is 12.5. The number of carbonyl (C=O) groups is 1. The van der Waals surface area contributed by atoms with Gasteiger partial charge in [0.15, 0.2) is 0 Å². The van der Waals surface area contributed by atoms with Crippen molar-refractivity contribution >= 4 is 11.6 Å². The summed E-state index contributed by atoms with van der Waals surface area (Å²) < 4.78 is 0. The van der Waals surface area contributed by atoms with Crippen LogP contribution in [0.1, 0.15) is 20.3 Å². The van der Waals surface area contributed by atoms with Gasteiger partial charge in [0, 0.05) is 25.3 Å². The quantitative estimate of drug-likeness (QED) is 0.911. The zero-order valence-corrected chi connectivity index (χ0v) is 12.3. The summed E-state index contributed by atoms with van der Waals surface area (Å²) in [5, 5.41) is 9.74. The number of anilines is 1. The van der Waals surface area contributed by atoms with Crippen LogP contribution in [0.15, 0.2) is 30.3 Å². The first-order valence-corrected chi connectivity index (χ1v) is 7.37. The third-order valence-corrected chi connectivity index (χ3v) is 3.99. The number of aliphatic hydroxyl groups excluding tert-OH is 1. The fraction of sp³-hybridized carbons (Fsp3) is 0.562. The van der Waals surface area contributed by atoms with E-state index >= 15 is 0 Å². The normalized spacial score (nSPS) is 23.6. The molecule has 1 fully saturated rings. The minimum absolute atomic E-state index is 0.127. The largest absolute Gasteiger partial charge is 0.393 e. The lowest BCUT2D eigenvalue weighted by atomic mass is 9.97. The molecular weight excluding hydrogens is 252 g/mol. The van der Waals surface area contributed by atoms with Crippen molar-refractivity contribution in [2.45, 2.75) is 26.4 Å². The highest BCUT2D eigenvalue weighted by atomic mass is 16.3. The molecule has 20 heavy (non-hydrogen) atoms. The lowest BCUT2D eigenvalue weighted by Crippen LogP contribution is -2.47. The number of carbonyl (C=O) groups excluding carboxylic acids is 1. The molecule has 0 radical (unpaired) electrons. The molecule has 0 spiro atoms. The van der Waals surface area contributed by atoms with E-state index in [0.29, 0.717) is 13.1 Å². The number of benzene rings is 1. The molecule has 4 heteroatoms. The smallest absolute Gasteiger partial charge is 0.241 e. The van der Waals surface area contributed by atoms with Crippen molar-refractivity contribution in [2.75, 3.05) is 31.1 Å². The Hall–Kier alpha value is -1.39. The van der Waals surface area contributed by atoms with Crippen molar-refractivity contribution in [3.05, 3.63) is 30.3 Å². The van der Waals surface area contributed by atoms with Crippen molar-refractivity contribution in [1.29, 1.82) is 0 Å². The molecule has 110 valence electrons. The van der Waals surface area contributed by atoms with Crippen LogP contribution >= 0.6 is 0 Å². The van der Waals surface area contributed by atoms with Crippen molar-refractivity contribution in [3.63, 3.8) is 0 Å². The fourth-order valence-corrected chi connectivity index (χ4v) is 2.75. The highest BCUT2D eigenvalue weighted by molar-refractivity contribution is 5.94. The molecule has 1 aromatic carbocycles. The molecule has 4 nitrogen and oxygen atoms in total. The molecule has 0 bridgehead atoms. The number of likely N-dealkylation sites (N-methyl/N-ethyl adjacent to an activating group) is 1. The van der Waals surface area contributed by atoms with Crippen LogP contribution in [0.3, 0.4) is 0 Å². The van der Waals surface area contributed by atoms with Crippen molar-refractivity contribution in [1.82, 2.24) is 4.90 Å². The van der Waals surface area contributed by atoms with Gasteiger partial charge in [-0.3, -0.25) is 9.69 Å². The number of para-hydroxylation sites is 1. The van der Waals surface area contributed by atoms with Gasteiger partial charge in [0.05, 0.1) is 12.6 Å². The monoisotopic (exact) mass is 276 g/mol. The summed E-state index contributed by atoms with van der Waals surface area (Å²) >= 11 is 0. The number of likely N-dealkylation sites (tertiary alicyclic amines) is 1. The third-order valence-electron chi connectivity index (χ3n) is 3.99. The molecular formula is C16H24N2O2. The van der Waals surface area contributed by atoms with Gasteiger partial charge in [0.1, 0.15) is 0 Å². The summed E-state index contributed by atoms with van der Waals surface area (Å²) in [5.41, 5.74) is 0.949. The summed E-state index contributed by atoms with van der Waals surface area (Å²) in [6.45, 7) is 6.72. The predicted octanol–water partition coefficient (Wildman–Crippen LogP) is 1.74. The van der Waals surface area contributed by atoms with E-state index in [1.807, 2.05) is 49.1 Å². The van der Waals surface area contributed by atoms with E-state index in [9.17, 15) is 9.90 Å². The Kier molecular flexibility index (Phi) is 5.15. The van der Waals surface area contributed by atoms with Crippen molar-refractivity contribution in [3.8, 4) is 0 Å². The van der Waals surface area contributed by atoms with Crippen LogP contribution in [0.5, 0.6) is 0 Å². The van der Waals surface area contributed by atoms with E-state index in [1.165, 1.54) is 0 Å². The van der Waals surface area contributed by atoms with Gasteiger partial charge in [0.25, 0.3) is 0 Å². The highest BCUT2D eigenvalue weighted by Gasteiger charge is 2.26. The second kappa shape index (κ2) is 6.86. The molecule has 0 saturated carbocycles. The minimum Gasteiger partial charge on any atom is -0.393 e. The Morgan fingerprint density at radius 3 is 2.70 bits per heavy atom. The Balaban J connectivity index is 1.96. The van der Waals surface area contributed by atoms with Gasteiger partial charge in [-0.25, -0.2) is 0 Å². The van der Waals surface area contributed by atoms with E-state index in [-0.39, 0.29) is 17.9 Å². The van der Waals surface area contributed by atoms with Crippen molar-refractivity contribution in [2.24, 2.45) is 5.92 Å². The number of rotatable bonds is 4. The number of aliphatic hydroxyl groups is 1. The molecule has 1 N–H and O–H groups in total. The Morgan fingerprint density at radius 1 is 1.40 bits per heavy atom. The fourth-order valence-electron chi connectivity index (χ4n) is 2.75. The molecule has 0 aromatic heterocycles. The molecule has 1 aromatic rings. The zero-order chi connectivity index (χ0) is 14.5. The first-order chi connectivity index (χ1) is 9.61. The molecule has 2 unspecified atom stereocenters. The Labute approximate surface area is 121 Å². The Bertz CT molecular complexity index is 435. The average Bonchev–Trinajstić information content (AvgIpc) is 2.45. The number of hydrogen-bond acceptors (Lipinski definition) is 3.